The average Bonchev–Trinajstić information content (AvgIpc) is 2.76. The van der Waals surface area contributed by atoms with E-state index in [9.17, 15) is 4.79 Å². The van der Waals surface area contributed by atoms with Crippen LogP contribution >= 0.6 is 0 Å². The van der Waals surface area contributed by atoms with Gasteiger partial charge >= 0.3 is 0 Å². The van der Waals surface area contributed by atoms with Gasteiger partial charge in [0.25, 0.3) is 5.56 Å². The van der Waals surface area contributed by atoms with Crippen LogP contribution in [0.3, 0.4) is 0 Å². The van der Waals surface area contributed by atoms with Crippen molar-refractivity contribution in [1.29, 1.82) is 0 Å². The maximum absolute atomic E-state index is 12.0. The number of H-pyrrole nitrogens is 1. The van der Waals surface area contributed by atoms with E-state index in [-0.39, 0.29) is 5.56 Å². The van der Waals surface area contributed by atoms with E-state index in [1.807, 2.05) is 16.5 Å². The zero-order valence-corrected chi connectivity index (χ0v) is 9.79. The number of fused-ring (bicyclic) bond motifs is 5. The van der Waals surface area contributed by atoms with Crippen molar-refractivity contribution in [2.24, 2.45) is 0 Å². The molecule has 0 spiro atoms. The number of imidazole rings is 1. The zero-order chi connectivity index (χ0) is 13.0. The summed E-state index contributed by atoms with van der Waals surface area (Å²) in [5.41, 5.74) is 8.44. The van der Waals surface area contributed by atoms with Gasteiger partial charge in [-0.1, -0.05) is 0 Å². The Morgan fingerprint density at radius 2 is 2.16 bits per heavy atom. The van der Waals surface area contributed by atoms with Gasteiger partial charge in [-0.15, -0.1) is 0 Å². The Morgan fingerprint density at radius 3 is 3.05 bits per heavy atom. The van der Waals surface area contributed by atoms with E-state index >= 15 is 0 Å². The number of aromatic nitrogens is 4. The van der Waals surface area contributed by atoms with E-state index in [1.54, 1.807) is 24.4 Å². The number of rotatable bonds is 0. The molecule has 0 atom stereocenters. The molecule has 6 heteroatoms. The number of hydrogen-bond donors (Lipinski definition) is 2. The van der Waals surface area contributed by atoms with Gasteiger partial charge in [-0.05, 0) is 30.3 Å². The number of nitrogens with one attached hydrogen (secondary N) is 1. The lowest BCUT2D eigenvalue weighted by molar-refractivity contribution is 1.12. The number of anilines is 1. The predicted octanol–water partition coefficient (Wildman–Crippen LogP) is 1.31. The molecule has 0 aliphatic heterocycles. The molecule has 4 rings (SSSR count). The first-order valence-electron chi connectivity index (χ1n) is 5.79. The van der Waals surface area contributed by atoms with Crippen LogP contribution in [0.4, 0.5) is 5.69 Å². The summed E-state index contributed by atoms with van der Waals surface area (Å²) in [5, 5.41) is 0.525. The van der Waals surface area contributed by atoms with E-state index in [2.05, 4.69) is 15.0 Å². The summed E-state index contributed by atoms with van der Waals surface area (Å²) in [6.45, 7) is 0. The lowest BCUT2D eigenvalue weighted by Gasteiger charge is -2.01. The first-order valence-corrected chi connectivity index (χ1v) is 5.79. The van der Waals surface area contributed by atoms with Crippen LogP contribution in [0.2, 0.25) is 0 Å². The van der Waals surface area contributed by atoms with E-state index in [0.717, 1.165) is 11.0 Å². The molecular weight excluding hydrogens is 242 g/mol. The van der Waals surface area contributed by atoms with Crippen molar-refractivity contribution in [1.82, 2.24) is 19.4 Å². The molecule has 3 heterocycles. The maximum Gasteiger partial charge on any atom is 0.261 e. The van der Waals surface area contributed by atoms with Gasteiger partial charge in [0, 0.05) is 11.9 Å². The Bertz CT molecular complexity index is 998. The summed E-state index contributed by atoms with van der Waals surface area (Å²) in [7, 11) is 0. The van der Waals surface area contributed by atoms with Gasteiger partial charge < -0.3 is 5.73 Å². The second kappa shape index (κ2) is 3.32. The van der Waals surface area contributed by atoms with Crippen LogP contribution in [0, 0.1) is 0 Å². The van der Waals surface area contributed by atoms with Gasteiger partial charge in [0.2, 0.25) is 5.78 Å². The predicted molar refractivity (Wildman–Crippen MR) is 73.0 cm³/mol. The third-order valence-corrected chi connectivity index (χ3v) is 3.15. The summed E-state index contributed by atoms with van der Waals surface area (Å²) >= 11 is 0. The average molecular weight is 251 g/mol. The van der Waals surface area contributed by atoms with Crippen molar-refractivity contribution in [3.05, 3.63) is 46.9 Å². The number of nitrogen functional groups attached to an aromatic ring is 1. The molecule has 3 N–H and O–H groups in total. The normalized spacial score (nSPS) is 11.6. The van der Waals surface area contributed by atoms with E-state index in [1.165, 1.54) is 0 Å². The highest BCUT2D eigenvalue weighted by Gasteiger charge is 2.11. The highest BCUT2D eigenvalue weighted by atomic mass is 16.1. The molecule has 0 radical (unpaired) electrons. The number of hydrogen-bond acceptors (Lipinski definition) is 4. The molecule has 0 saturated carbocycles. The van der Waals surface area contributed by atoms with Crippen LogP contribution in [0.15, 0.2) is 41.3 Å². The highest BCUT2D eigenvalue weighted by molar-refractivity contribution is 5.88. The minimum Gasteiger partial charge on any atom is -0.399 e. The molecule has 19 heavy (non-hydrogen) atoms. The van der Waals surface area contributed by atoms with Gasteiger partial charge in [0.1, 0.15) is 0 Å². The molecule has 0 aliphatic carbocycles. The van der Waals surface area contributed by atoms with Gasteiger partial charge in [-0.25, -0.2) is 9.97 Å². The zero-order valence-electron chi connectivity index (χ0n) is 9.79. The third kappa shape index (κ3) is 1.28. The quantitative estimate of drug-likeness (QED) is 0.461. The third-order valence-electron chi connectivity index (χ3n) is 3.15. The monoisotopic (exact) mass is 251 g/mol. The minimum atomic E-state index is -0.195. The van der Waals surface area contributed by atoms with E-state index < -0.39 is 0 Å². The summed E-state index contributed by atoms with van der Waals surface area (Å²) < 4.78 is 1.81. The fraction of sp³-hybridized carbons (Fsp3) is 0. The van der Waals surface area contributed by atoms with Gasteiger partial charge in [-0.2, -0.15) is 0 Å². The smallest absolute Gasteiger partial charge is 0.261 e. The van der Waals surface area contributed by atoms with Crippen LogP contribution < -0.4 is 11.3 Å². The highest BCUT2D eigenvalue weighted by Crippen LogP contribution is 2.20. The summed E-state index contributed by atoms with van der Waals surface area (Å²) in [4.78, 5) is 23.4. The number of benzene rings is 1. The molecule has 92 valence electrons. The Labute approximate surface area is 106 Å². The first kappa shape index (κ1) is 10.1. The Hall–Kier alpha value is -2.89. The van der Waals surface area contributed by atoms with Crippen LogP contribution in [-0.4, -0.2) is 19.4 Å². The van der Waals surface area contributed by atoms with Gasteiger partial charge in [-0.3, -0.25) is 14.2 Å². The number of pyridine rings is 1. The van der Waals surface area contributed by atoms with E-state index in [0.29, 0.717) is 22.5 Å². The Balaban J connectivity index is 2.40. The number of nitrogens with zero attached hydrogens (tertiary/aromatic N) is 3. The summed E-state index contributed by atoms with van der Waals surface area (Å²) in [6, 6.07) is 8.89. The topological polar surface area (TPSA) is 89.1 Å². The molecule has 4 aromatic rings. The largest absolute Gasteiger partial charge is 0.399 e. The molecule has 0 unspecified atom stereocenters. The van der Waals surface area contributed by atoms with Gasteiger partial charge in [0.15, 0.2) is 5.65 Å². The molecule has 0 fully saturated rings. The number of aromatic amines is 1. The SMILES string of the molecule is Nc1ccc2nc3[nH]c(=O)c4cccnc4n3c2c1. The van der Waals surface area contributed by atoms with Gasteiger partial charge in [0.05, 0.1) is 16.4 Å². The second-order valence-corrected chi connectivity index (χ2v) is 4.35. The number of nitrogens with two attached hydrogens (primary N) is 1. The summed E-state index contributed by atoms with van der Waals surface area (Å²) in [5.74, 6) is 0.469. The standard InChI is InChI=1S/C13H9N5O/c14-7-3-4-9-10(6-7)18-11-8(2-1-5-15-11)12(19)17-13(18)16-9/h1-6H,14H2,(H,16,17,19). The van der Waals surface area contributed by atoms with Crippen molar-refractivity contribution >= 4 is 33.5 Å². The molecule has 0 bridgehead atoms. The maximum atomic E-state index is 12.0. The van der Waals surface area contributed by atoms with E-state index in [4.69, 9.17) is 5.73 Å². The van der Waals surface area contributed by atoms with Crippen LogP contribution in [-0.2, 0) is 0 Å². The molecule has 3 aromatic heterocycles. The first-order chi connectivity index (χ1) is 9.24. The molecule has 0 aliphatic rings. The second-order valence-electron chi connectivity index (χ2n) is 4.35. The molecular formula is C13H9N5O. The van der Waals surface area contributed by atoms with Crippen LogP contribution in [0.5, 0.6) is 0 Å². The fourth-order valence-corrected chi connectivity index (χ4v) is 2.31. The Morgan fingerprint density at radius 1 is 1.26 bits per heavy atom. The molecule has 0 amide bonds. The van der Waals surface area contributed by atoms with Crippen molar-refractivity contribution in [3.63, 3.8) is 0 Å². The lowest BCUT2D eigenvalue weighted by atomic mass is 10.3. The minimum absolute atomic E-state index is 0.195. The Kier molecular flexibility index (Phi) is 1.76. The molecule has 0 saturated heterocycles. The van der Waals surface area contributed by atoms with Crippen molar-refractivity contribution in [2.45, 2.75) is 0 Å². The lowest BCUT2D eigenvalue weighted by Crippen LogP contribution is -2.10. The fourth-order valence-electron chi connectivity index (χ4n) is 2.31. The summed E-state index contributed by atoms with van der Waals surface area (Å²) in [6.07, 6.45) is 1.65. The van der Waals surface area contributed by atoms with Crippen molar-refractivity contribution in [3.8, 4) is 0 Å². The van der Waals surface area contributed by atoms with Crippen molar-refractivity contribution < 1.29 is 0 Å². The molecule has 6 nitrogen and oxygen atoms in total. The van der Waals surface area contributed by atoms with Crippen LogP contribution in [0.1, 0.15) is 0 Å². The molecule has 1 aromatic carbocycles. The van der Waals surface area contributed by atoms with Crippen molar-refractivity contribution in [2.75, 3.05) is 5.73 Å². The van der Waals surface area contributed by atoms with Crippen LogP contribution in [0.25, 0.3) is 27.8 Å².